The maximum Gasteiger partial charge on any atom is 0.143 e. The number of nitrogens with zero attached hydrogens (tertiary/aromatic N) is 1. The quantitative estimate of drug-likeness (QED) is 0.148. The van der Waals surface area contributed by atoms with E-state index in [0.29, 0.717) is 0 Å². The first-order valence-corrected chi connectivity index (χ1v) is 24.6. The lowest BCUT2D eigenvalue weighted by molar-refractivity contribution is 0.569. The van der Waals surface area contributed by atoms with Crippen LogP contribution in [0.1, 0.15) is 52.7 Å². The number of fused-ring (bicyclic) bond motifs is 7. The SMILES string of the molecule is CC(C)(C)c1cc(-c2cccc3cccc(-c4ccccc4N(c4cccc(-c5cccc6c5ccc5ccccc56)c4)c4cccc(-c5cccc6c5oc5ccccc56)c4)c23)cc(C(C)(C)C)c1. The van der Waals surface area contributed by atoms with Crippen LogP contribution < -0.4 is 4.90 Å². The predicted octanol–water partition coefficient (Wildman–Crippen LogP) is 19.8. The van der Waals surface area contributed by atoms with Gasteiger partial charge in [0.05, 0.1) is 5.69 Å². The first kappa shape index (κ1) is 43.1. The zero-order chi connectivity index (χ0) is 47.7. The zero-order valence-corrected chi connectivity index (χ0v) is 40.7. The molecule has 0 bridgehead atoms. The molecule has 0 saturated heterocycles. The van der Waals surface area contributed by atoms with Crippen molar-refractivity contribution in [2.75, 3.05) is 4.90 Å². The van der Waals surface area contributed by atoms with Crippen molar-refractivity contribution in [2.45, 2.75) is 52.4 Å². The van der Waals surface area contributed by atoms with Gasteiger partial charge in [-0.2, -0.15) is 0 Å². The summed E-state index contributed by atoms with van der Waals surface area (Å²) in [4.78, 5) is 2.46. The normalized spacial score (nSPS) is 12.1. The van der Waals surface area contributed by atoms with Crippen molar-refractivity contribution in [1.82, 2.24) is 0 Å². The van der Waals surface area contributed by atoms with Crippen LogP contribution in [0.2, 0.25) is 0 Å². The van der Waals surface area contributed by atoms with Crippen LogP contribution in [0.4, 0.5) is 17.1 Å². The summed E-state index contributed by atoms with van der Waals surface area (Å²) in [6.07, 6.45) is 0. The summed E-state index contributed by atoms with van der Waals surface area (Å²) in [5.41, 5.74) is 17.0. The lowest BCUT2D eigenvalue weighted by Gasteiger charge is -2.29. The Bertz CT molecular complexity index is 3950. The van der Waals surface area contributed by atoms with Gasteiger partial charge < -0.3 is 9.32 Å². The monoisotopic (exact) mass is 901 g/mol. The lowest BCUT2D eigenvalue weighted by atomic mass is 9.78. The topological polar surface area (TPSA) is 16.4 Å². The summed E-state index contributed by atoms with van der Waals surface area (Å²) in [5, 5.41) is 9.69. The Morgan fingerprint density at radius 2 is 0.857 bits per heavy atom. The first-order valence-electron chi connectivity index (χ1n) is 24.6. The fraction of sp³-hybridized carbons (Fsp3) is 0.118. The van der Waals surface area contributed by atoms with Crippen LogP contribution >= 0.6 is 0 Å². The molecule has 0 aliphatic rings. The van der Waals surface area contributed by atoms with Crippen LogP contribution in [0, 0.1) is 0 Å². The van der Waals surface area contributed by atoms with Gasteiger partial charge in [0.1, 0.15) is 11.2 Å². The van der Waals surface area contributed by atoms with E-state index in [0.717, 1.165) is 61.3 Å². The average Bonchev–Trinajstić information content (AvgIpc) is 3.77. The minimum atomic E-state index is -0.0185. The number of para-hydroxylation sites is 3. The third-order valence-electron chi connectivity index (χ3n) is 14.3. The molecule has 0 N–H and O–H groups in total. The zero-order valence-electron chi connectivity index (χ0n) is 40.7. The molecule has 12 aromatic rings. The molecule has 0 fully saturated rings. The summed E-state index contributed by atoms with van der Waals surface area (Å²) >= 11 is 0. The lowest BCUT2D eigenvalue weighted by Crippen LogP contribution is -2.16. The number of rotatable bonds is 7. The van der Waals surface area contributed by atoms with Gasteiger partial charge in [0.2, 0.25) is 0 Å². The Hall–Kier alpha value is -8.20. The van der Waals surface area contributed by atoms with Crippen LogP contribution in [0.25, 0.3) is 98.8 Å². The second-order valence-electron chi connectivity index (χ2n) is 20.9. The number of hydrogen-bond donors (Lipinski definition) is 0. The number of hydrogen-bond acceptors (Lipinski definition) is 2. The smallest absolute Gasteiger partial charge is 0.143 e. The van der Waals surface area contributed by atoms with Crippen molar-refractivity contribution in [3.8, 4) is 44.5 Å². The number of anilines is 3. The van der Waals surface area contributed by atoms with Gasteiger partial charge >= 0.3 is 0 Å². The largest absolute Gasteiger partial charge is 0.455 e. The number of furan rings is 1. The molecule has 11 aromatic carbocycles. The second kappa shape index (κ2) is 16.8. The van der Waals surface area contributed by atoms with E-state index in [9.17, 15) is 0 Å². The Morgan fingerprint density at radius 3 is 1.59 bits per heavy atom. The summed E-state index contributed by atoms with van der Waals surface area (Å²) in [5.74, 6) is 0. The van der Waals surface area contributed by atoms with E-state index in [1.807, 2.05) is 6.07 Å². The highest BCUT2D eigenvalue weighted by atomic mass is 16.3. The summed E-state index contributed by atoms with van der Waals surface area (Å²) in [6, 6.07) is 82.7. The Morgan fingerprint density at radius 1 is 0.329 bits per heavy atom. The third-order valence-corrected chi connectivity index (χ3v) is 14.3. The molecule has 0 atom stereocenters. The molecule has 0 radical (unpaired) electrons. The molecule has 1 aromatic heterocycles. The van der Waals surface area contributed by atoms with Gasteiger partial charge in [0, 0.05) is 33.3 Å². The van der Waals surface area contributed by atoms with Gasteiger partial charge in [-0.15, -0.1) is 0 Å². The molecule has 338 valence electrons. The molecule has 2 nitrogen and oxygen atoms in total. The third kappa shape index (κ3) is 7.52. The molecular weight excluding hydrogens is 847 g/mol. The molecule has 0 saturated carbocycles. The van der Waals surface area contributed by atoms with E-state index >= 15 is 0 Å². The molecule has 0 spiro atoms. The molecule has 1 heterocycles. The molecule has 0 aliphatic carbocycles. The average molecular weight is 902 g/mol. The predicted molar refractivity (Wildman–Crippen MR) is 300 cm³/mol. The molecule has 0 amide bonds. The van der Waals surface area contributed by atoms with E-state index in [4.69, 9.17) is 4.42 Å². The minimum Gasteiger partial charge on any atom is -0.455 e. The summed E-state index contributed by atoms with van der Waals surface area (Å²) < 4.78 is 6.64. The van der Waals surface area contributed by atoms with Crippen molar-refractivity contribution in [3.05, 3.63) is 236 Å². The van der Waals surface area contributed by atoms with Gasteiger partial charge in [-0.05, 0) is 124 Å². The molecule has 0 aliphatic heterocycles. The van der Waals surface area contributed by atoms with E-state index in [1.54, 1.807) is 0 Å². The molecule has 2 heteroatoms. The fourth-order valence-electron chi connectivity index (χ4n) is 10.7. The highest BCUT2D eigenvalue weighted by Gasteiger charge is 2.25. The van der Waals surface area contributed by atoms with E-state index in [1.165, 1.54) is 65.7 Å². The van der Waals surface area contributed by atoms with Crippen LogP contribution in [-0.4, -0.2) is 0 Å². The van der Waals surface area contributed by atoms with E-state index in [-0.39, 0.29) is 10.8 Å². The van der Waals surface area contributed by atoms with Crippen LogP contribution in [0.15, 0.2) is 229 Å². The van der Waals surface area contributed by atoms with Gasteiger partial charge in [-0.3, -0.25) is 0 Å². The van der Waals surface area contributed by atoms with Crippen molar-refractivity contribution in [2.24, 2.45) is 0 Å². The fourth-order valence-corrected chi connectivity index (χ4v) is 10.7. The van der Waals surface area contributed by atoms with Gasteiger partial charge in [-0.1, -0.05) is 230 Å². The van der Waals surface area contributed by atoms with Crippen molar-refractivity contribution >= 4 is 71.3 Å². The highest BCUT2D eigenvalue weighted by molar-refractivity contribution is 6.13. The summed E-state index contributed by atoms with van der Waals surface area (Å²) in [7, 11) is 0. The van der Waals surface area contributed by atoms with Crippen LogP contribution in [0.5, 0.6) is 0 Å². The van der Waals surface area contributed by atoms with Crippen molar-refractivity contribution in [1.29, 1.82) is 0 Å². The maximum absolute atomic E-state index is 6.64. The van der Waals surface area contributed by atoms with Gasteiger partial charge in [0.25, 0.3) is 0 Å². The highest BCUT2D eigenvalue weighted by Crippen LogP contribution is 2.48. The van der Waals surface area contributed by atoms with E-state index < -0.39 is 0 Å². The number of benzene rings is 11. The summed E-state index contributed by atoms with van der Waals surface area (Å²) in [6.45, 7) is 13.9. The Kier molecular flexibility index (Phi) is 10.3. The Labute approximate surface area is 411 Å². The van der Waals surface area contributed by atoms with Crippen LogP contribution in [0.3, 0.4) is 0 Å². The van der Waals surface area contributed by atoms with Gasteiger partial charge in [-0.25, -0.2) is 0 Å². The molecule has 0 unspecified atom stereocenters. The minimum absolute atomic E-state index is 0.0185. The first-order chi connectivity index (χ1) is 34.0. The van der Waals surface area contributed by atoms with Crippen molar-refractivity contribution in [3.63, 3.8) is 0 Å². The van der Waals surface area contributed by atoms with Crippen molar-refractivity contribution < 1.29 is 4.42 Å². The van der Waals surface area contributed by atoms with E-state index in [2.05, 4.69) is 265 Å². The standard InChI is InChI=1S/C68H55NO/c1-67(2,3)49-39-48(40-50(43-49)68(4,5)6)55-30-15-20-45-21-16-33-61(65(45)55)59-27-9-11-35-63(59)69(52-25-14-23-47(42-52)56-31-18-34-62-60-28-10-12-36-64(60)70-66(56)62)51-24-13-22-46(41-51)54-29-17-32-57-53-26-8-7-19-44(53)37-38-58(54)57/h7-43H,1-6H3. The van der Waals surface area contributed by atoms with Gasteiger partial charge in [0.15, 0.2) is 0 Å². The maximum atomic E-state index is 6.64. The van der Waals surface area contributed by atoms with Crippen LogP contribution in [-0.2, 0) is 10.8 Å². The molecular formula is C68H55NO. The molecule has 70 heavy (non-hydrogen) atoms. The Balaban J connectivity index is 1.09. The molecule has 12 rings (SSSR count). The second-order valence-corrected chi connectivity index (χ2v) is 20.9.